The van der Waals surface area contributed by atoms with Crippen LogP contribution < -0.4 is 5.32 Å². The van der Waals surface area contributed by atoms with Gasteiger partial charge in [0.05, 0.1) is 24.2 Å². The van der Waals surface area contributed by atoms with E-state index < -0.39 is 0 Å². The third-order valence-electron chi connectivity index (χ3n) is 2.35. The summed E-state index contributed by atoms with van der Waals surface area (Å²) in [7, 11) is 0. The molecule has 0 radical (unpaired) electrons. The number of anilines is 1. The first-order valence-electron chi connectivity index (χ1n) is 6.03. The molecule has 0 bridgehead atoms. The zero-order chi connectivity index (χ0) is 13.7. The molecule has 0 aliphatic heterocycles. The predicted molar refractivity (Wildman–Crippen MR) is 71.1 cm³/mol. The van der Waals surface area contributed by atoms with Crippen molar-refractivity contribution in [2.45, 2.75) is 20.0 Å². The van der Waals surface area contributed by atoms with Crippen LogP contribution in [0.15, 0.2) is 36.7 Å². The molecule has 1 aromatic carbocycles. The lowest BCUT2D eigenvalue weighted by Gasteiger charge is -2.08. The maximum Gasteiger partial charge on any atom is 0.250 e. The average molecular weight is 260 g/mol. The third kappa shape index (κ3) is 3.89. The van der Waals surface area contributed by atoms with Crippen LogP contribution in [-0.4, -0.2) is 33.6 Å². The van der Waals surface area contributed by atoms with Gasteiger partial charge in [-0.3, -0.25) is 4.79 Å². The summed E-state index contributed by atoms with van der Waals surface area (Å²) in [6.07, 6.45) is 3.26. The van der Waals surface area contributed by atoms with E-state index in [1.807, 2.05) is 26.0 Å². The molecule has 1 N–H and O–H groups in total. The molecule has 1 aromatic heterocycles. The summed E-state index contributed by atoms with van der Waals surface area (Å²) in [5.74, 6) is -0.168. The van der Waals surface area contributed by atoms with Crippen LogP contribution in [0, 0.1) is 0 Å². The number of nitrogens with one attached hydrogen (secondary N) is 1. The Hall–Kier alpha value is -2.21. The topological polar surface area (TPSA) is 69.0 Å². The summed E-state index contributed by atoms with van der Waals surface area (Å²) in [6.45, 7) is 3.83. The second kappa shape index (κ2) is 6.10. The standard InChI is InChI=1S/C13H16N4O2/c1-10(2)19-9-13(18)16-11-3-5-12(6-4-11)17-14-7-8-15-17/h3-8,10H,9H2,1-2H3,(H,16,18). The number of carbonyl (C=O) groups excluding carboxylic acids is 1. The van der Waals surface area contributed by atoms with Crippen LogP contribution in [0.25, 0.3) is 5.69 Å². The highest BCUT2D eigenvalue weighted by Gasteiger charge is 2.04. The van der Waals surface area contributed by atoms with Crippen LogP contribution in [0.1, 0.15) is 13.8 Å². The van der Waals surface area contributed by atoms with Crippen molar-refractivity contribution in [2.24, 2.45) is 0 Å². The van der Waals surface area contributed by atoms with E-state index in [0.717, 1.165) is 5.69 Å². The number of amides is 1. The summed E-state index contributed by atoms with van der Waals surface area (Å²) < 4.78 is 5.22. The maximum atomic E-state index is 11.6. The normalized spacial score (nSPS) is 10.7. The largest absolute Gasteiger partial charge is 0.369 e. The fraction of sp³-hybridized carbons (Fsp3) is 0.308. The molecule has 6 heteroatoms. The van der Waals surface area contributed by atoms with E-state index in [1.54, 1.807) is 24.5 Å². The predicted octanol–water partition coefficient (Wildman–Crippen LogP) is 1.63. The number of rotatable bonds is 5. The number of benzene rings is 1. The Morgan fingerprint density at radius 1 is 1.26 bits per heavy atom. The molecule has 6 nitrogen and oxygen atoms in total. The van der Waals surface area contributed by atoms with Gasteiger partial charge in [0.1, 0.15) is 6.61 Å². The second-order valence-corrected chi connectivity index (χ2v) is 4.27. The van der Waals surface area contributed by atoms with Gasteiger partial charge >= 0.3 is 0 Å². The molecule has 100 valence electrons. The van der Waals surface area contributed by atoms with Gasteiger partial charge < -0.3 is 10.1 Å². The summed E-state index contributed by atoms with van der Waals surface area (Å²) >= 11 is 0. The lowest BCUT2D eigenvalue weighted by molar-refractivity contribution is -0.121. The number of nitrogens with zero attached hydrogens (tertiary/aromatic N) is 3. The van der Waals surface area contributed by atoms with E-state index in [2.05, 4.69) is 15.5 Å². The maximum absolute atomic E-state index is 11.6. The van der Waals surface area contributed by atoms with Crippen molar-refractivity contribution < 1.29 is 9.53 Å². The molecule has 0 atom stereocenters. The lowest BCUT2D eigenvalue weighted by atomic mass is 10.3. The third-order valence-corrected chi connectivity index (χ3v) is 2.35. The summed E-state index contributed by atoms with van der Waals surface area (Å²) in [5.41, 5.74) is 1.55. The summed E-state index contributed by atoms with van der Waals surface area (Å²) in [4.78, 5) is 13.1. The Morgan fingerprint density at radius 3 is 2.47 bits per heavy atom. The van der Waals surface area contributed by atoms with Crippen molar-refractivity contribution in [1.29, 1.82) is 0 Å². The fourth-order valence-corrected chi connectivity index (χ4v) is 1.47. The van der Waals surface area contributed by atoms with Crippen LogP contribution in [0.4, 0.5) is 5.69 Å². The van der Waals surface area contributed by atoms with Crippen LogP contribution in [0.2, 0.25) is 0 Å². The quantitative estimate of drug-likeness (QED) is 0.887. The summed E-state index contributed by atoms with van der Waals surface area (Å²) in [6, 6.07) is 7.26. The van der Waals surface area contributed by atoms with Gasteiger partial charge in [0.25, 0.3) is 0 Å². The minimum atomic E-state index is -0.168. The minimum absolute atomic E-state index is 0.0408. The molecule has 0 unspecified atom stereocenters. The highest BCUT2D eigenvalue weighted by molar-refractivity contribution is 5.91. The number of carbonyl (C=O) groups is 1. The van der Waals surface area contributed by atoms with Crippen molar-refractivity contribution >= 4 is 11.6 Å². The molecule has 0 aliphatic carbocycles. The van der Waals surface area contributed by atoms with E-state index in [-0.39, 0.29) is 18.6 Å². The fourth-order valence-electron chi connectivity index (χ4n) is 1.47. The van der Waals surface area contributed by atoms with Crippen LogP contribution in [-0.2, 0) is 9.53 Å². The zero-order valence-electron chi connectivity index (χ0n) is 10.9. The van der Waals surface area contributed by atoms with Crippen LogP contribution in [0.5, 0.6) is 0 Å². The number of hydrogen-bond donors (Lipinski definition) is 1. The monoisotopic (exact) mass is 260 g/mol. The van der Waals surface area contributed by atoms with E-state index in [1.165, 1.54) is 4.80 Å². The van der Waals surface area contributed by atoms with Gasteiger partial charge in [0, 0.05) is 5.69 Å². The van der Waals surface area contributed by atoms with Gasteiger partial charge in [0.2, 0.25) is 5.91 Å². The van der Waals surface area contributed by atoms with E-state index in [4.69, 9.17) is 4.74 Å². The van der Waals surface area contributed by atoms with E-state index in [0.29, 0.717) is 5.69 Å². The number of hydrogen-bond acceptors (Lipinski definition) is 4. The van der Waals surface area contributed by atoms with Crippen molar-refractivity contribution in [3.63, 3.8) is 0 Å². The first kappa shape index (κ1) is 13.2. The van der Waals surface area contributed by atoms with Crippen LogP contribution >= 0.6 is 0 Å². The molecule has 1 amide bonds. The number of ether oxygens (including phenoxy) is 1. The minimum Gasteiger partial charge on any atom is -0.369 e. The number of aromatic nitrogens is 3. The van der Waals surface area contributed by atoms with Gasteiger partial charge in [-0.1, -0.05) is 0 Å². The van der Waals surface area contributed by atoms with Crippen molar-refractivity contribution in [2.75, 3.05) is 11.9 Å². The molecule has 2 rings (SSSR count). The zero-order valence-corrected chi connectivity index (χ0v) is 10.9. The average Bonchev–Trinajstić information content (AvgIpc) is 2.91. The van der Waals surface area contributed by atoms with Crippen molar-refractivity contribution in [3.8, 4) is 5.69 Å². The first-order chi connectivity index (χ1) is 9.15. The highest BCUT2D eigenvalue weighted by Crippen LogP contribution is 2.11. The smallest absolute Gasteiger partial charge is 0.250 e. The molecular formula is C13H16N4O2. The molecule has 0 saturated carbocycles. The Bertz CT molecular complexity index is 520. The van der Waals surface area contributed by atoms with Gasteiger partial charge in [-0.25, -0.2) is 0 Å². The Kier molecular flexibility index (Phi) is 4.25. The first-order valence-corrected chi connectivity index (χ1v) is 6.03. The molecule has 0 fully saturated rings. The van der Waals surface area contributed by atoms with Crippen molar-refractivity contribution in [1.82, 2.24) is 15.0 Å². The molecular weight excluding hydrogens is 244 g/mol. The van der Waals surface area contributed by atoms with E-state index in [9.17, 15) is 4.79 Å². The Labute approximate surface area is 111 Å². The van der Waals surface area contributed by atoms with Crippen LogP contribution in [0.3, 0.4) is 0 Å². The SMILES string of the molecule is CC(C)OCC(=O)Nc1ccc(-n2nccn2)cc1. The van der Waals surface area contributed by atoms with Gasteiger partial charge in [0.15, 0.2) is 0 Å². The molecule has 2 aromatic rings. The van der Waals surface area contributed by atoms with Crippen molar-refractivity contribution in [3.05, 3.63) is 36.7 Å². The molecule has 1 heterocycles. The molecule has 0 spiro atoms. The van der Waals surface area contributed by atoms with E-state index >= 15 is 0 Å². The molecule has 0 saturated heterocycles. The lowest BCUT2D eigenvalue weighted by Crippen LogP contribution is -2.20. The molecule has 19 heavy (non-hydrogen) atoms. The Morgan fingerprint density at radius 2 is 1.89 bits per heavy atom. The second-order valence-electron chi connectivity index (χ2n) is 4.27. The molecule has 0 aliphatic rings. The summed E-state index contributed by atoms with van der Waals surface area (Å²) in [5, 5.41) is 10.8. The van der Waals surface area contributed by atoms with Gasteiger partial charge in [-0.15, -0.1) is 0 Å². The Balaban J connectivity index is 1.94. The highest BCUT2D eigenvalue weighted by atomic mass is 16.5. The van der Waals surface area contributed by atoms with Gasteiger partial charge in [-0.2, -0.15) is 15.0 Å². The van der Waals surface area contributed by atoms with Gasteiger partial charge in [-0.05, 0) is 38.1 Å².